The topological polar surface area (TPSA) is 53.1 Å². The molecule has 0 unspecified atom stereocenters. The minimum atomic E-state index is -0.311. The number of benzene rings is 2. The van der Waals surface area contributed by atoms with Crippen LogP contribution in [0.5, 0.6) is 0 Å². The van der Waals surface area contributed by atoms with Gasteiger partial charge in [0.05, 0.1) is 12.3 Å². The summed E-state index contributed by atoms with van der Waals surface area (Å²) in [7, 11) is 0. The summed E-state index contributed by atoms with van der Waals surface area (Å²) in [6.45, 7) is 7.52. The molecule has 3 aromatic rings. The molecule has 0 radical (unpaired) electrons. The maximum Gasteiger partial charge on any atom is 0.106 e. The van der Waals surface area contributed by atoms with E-state index in [1.54, 1.807) is 0 Å². The van der Waals surface area contributed by atoms with Gasteiger partial charge in [0, 0.05) is 17.7 Å². The predicted octanol–water partition coefficient (Wildman–Crippen LogP) is 4.08. The number of aromatic nitrogens is 2. The SMILES string of the molecule is Cc1nc(C)n(CCC(CON)(c2ccccc2)c2ccccc2)c1C. The fourth-order valence-electron chi connectivity index (χ4n) is 3.80. The van der Waals surface area contributed by atoms with Crippen LogP contribution in [0.2, 0.25) is 0 Å². The average Bonchev–Trinajstić information content (AvgIpc) is 2.92. The van der Waals surface area contributed by atoms with Crippen LogP contribution < -0.4 is 5.90 Å². The molecule has 3 rings (SSSR count). The molecule has 0 saturated carbocycles. The first kappa shape index (κ1) is 18.4. The van der Waals surface area contributed by atoms with Gasteiger partial charge in [-0.25, -0.2) is 10.9 Å². The van der Waals surface area contributed by atoms with Crippen molar-refractivity contribution in [1.82, 2.24) is 9.55 Å². The lowest BCUT2D eigenvalue weighted by molar-refractivity contribution is 0.0920. The molecule has 0 amide bonds. The normalized spacial score (nSPS) is 11.7. The smallest absolute Gasteiger partial charge is 0.106 e. The molecule has 0 fully saturated rings. The van der Waals surface area contributed by atoms with Gasteiger partial charge in [-0.15, -0.1) is 0 Å². The second-order valence-corrected chi connectivity index (χ2v) is 6.86. The largest absolute Gasteiger partial charge is 0.332 e. The molecular weight excluding hydrogens is 322 g/mol. The highest BCUT2D eigenvalue weighted by molar-refractivity contribution is 5.39. The Bertz CT molecular complexity index is 801. The van der Waals surface area contributed by atoms with Crippen LogP contribution in [0.4, 0.5) is 0 Å². The fraction of sp³-hybridized carbons (Fsp3) is 0.318. The van der Waals surface area contributed by atoms with Gasteiger partial charge >= 0.3 is 0 Å². The average molecular weight is 349 g/mol. The molecule has 2 aromatic carbocycles. The van der Waals surface area contributed by atoms with Crippen LogP contribution in [0.15, 0.2) is 60.7 Å². The van der Waals surface area contributed by atoms with Gasteiger partial charge in [0.1, 0.15) is 5.82 Å². The molecule has 1 aromatic heterocycles. The summed E-state index contributed by atoms with van der Waals surface area (Å²) in [5.74, 6) is 6.65. The number of hydrogen-bond acceptors (Lipinski definition) is 3. The van der Waals surface area contributed by atoms with Crippen LogP contribution in [0.25, 0.3) is 0 Å². The van der Waals surface area contributed by atoms with Crippen LogP contribution in [0.3, 0.4) is 0 Å². The molecule has 136 valence electrons. The monoisotopic (exact) mass is 349 g/mol. The molecular formula is C22H27N3O. The molecule has 26 heavy (non-hydrogen) atoms. The zero-order valence-electron chi connectivity index (χ0n) is 15.8. The standard InChI is InChI=1S/C22H27N3O/c1-17-18(2)25(19(3)24-17)15-14-22(16-26-23,20-10-6-4-7-11-20)21-12-8-5-9-13-21/h4-13H,14-16,23H2,1-3H3. The van der Waals surface area contributed by atoms with E-state index in [4.69, 9.17) is 10.7 Å². The lowest BCUT2D eigenvalue weighted by Crippen LogP contribution is -2.36. The van der Waals surface area contributed by atoms with Gasteiger partial charge in [-0.2, -0.15) is 0 Å². The van der Waals surface area contributed by atoms with Crippen molar-refractivity contribution in [2.24, 2.45) is 5.90 Å². The molecule has 0 aliphatic heterocycles. The number of rotatable bonds is 7. The Morgan fingerprint density at radius 3 is 1.88 bits per heavy atom. The minimum Gasteiger partial charge on any atom is -0.332 e. The molecule has 0 bridgehead atoms. The molecule has 1 heterocycles. The Kier molecular flexibility index (Phi) is 5.55. The van der Waals surface area contributed by atoms with E-state index < -0.39 is 0 Å². The molecule has 4 heteroatoms. The Morgan fingerprint density at radius 2 is 1.46 bits per heavy atom. The Morgan fingerprint density at radius 1 is 0.923 bits per heavy atom. The van der Waals surface area contributed by atoms with E-state index >= 15 is 0 Å². The maximum atomic E-state index is 5.60. The van der Waals surface area contributed by atoms with Crippen LogP contribution in [-0.2, 0) is 16.8 Å². The summed E-state index contributed by atoms with van der Waals surface area (Å²) >= 11 is 0. The van der Waals surface area contributed by atoms with Gasteiger partial charge in [-0.3, -0.25) is 0 Å². The summed E-state index contributed by atoms with van der Waals surface area (Å²) in [4.78, 5) is 9.86. The summed E-state index contributed by atoms with van der Waals surface area (Å²) in [5.41, 5.74) is 4.41. The number of aryl methyl sites for hydroxylation is 2. The first-order chi connectivity index (χ1) is 12.6. The second kappa shape index (κ2) is 7.85. The third-order valence-electron chi connectivity index (χ3n) is 5.39. The zero-order valence-corrected chi connectivity index (χ0v) is 15.8. The van der Waals surface area contributed by atoms with Gasteiger partial charge in [-0.1, -0.05) is 60.7 Å². The summed E-state index contributed by atoms with van der Waals surface area (Å²) in [6.07, 6.45) is 0.871. The number of imidazole rings is 1. The van der Waals surface area contributed by atoms with Gasteiger partial charge in [0.2, 0.25) is 0 Å². The van der Waals surface area contributed by atoms with Crippen LogP contribution >= 0.6 is 0 Å². The molecule has 4 nitrogen and oxygen atoms in total. The third-order valence-corrected chi connectivity index (χ3v) is 5.39. The van der Waals surface area contributed by atoms with Crippen molar-refractivity contribution in [3.8, 4) is 0 Å². The van der Waals surface area contributed by atoms with E-state index in [1.807, 2.05) is 12.1 Å². The van der Waals surface area contributed by atoms with E-state index in [9.17, 15) is 0 Å². The van der Waals surface area contributed by atoms with Crippen molar-refractivity contribution in [1.29, 1.82) is 0 Å². The van der Waals surface area contributed by atoms with E-state index in [0.717, 1.165) is 24.5 Å². The van der Waals surface area contributed by atoms with Crippen molar-refractivity contribution < 1.29 is 4.84 Å². The molecule has 0 spiro atoms. The quantitative estimate of drug-likeness (QED) is 0.654. The first-order valence-corrected chi connectivity index (χ1v) is 9.01. The Hall–Kier alpha value is -2.43. The summed E-state index contributed by atoms with van der Waals surface area (Å²) in [6, 6.07) is 21.0. The Labute approximate surface area is 155 Å². The van der Waals surface area contributed by atoms with Crippen molar-refractivity contribution >= 4 is 0 Å². The zero-order chi connectivity index (χ0) is 18.6. The Balaban J connectivity index is 2.05. The van der Waals surface area contributed by atoms with Gasteiger partial charge < -0.3 is 9.40 Å². The summed E-state index contributed by atoms with van der Waals surface area (Å²) < 4.78 is 2.28. The van der Waals surface area contributed by atoms with Crippen molar-refractivity contribution in [2.45, 2.75) is 39.2 Å². The molecule has 0 aliphatic carbocycles. The van der Waals surface area contributed by atoms with E-state index in [2.05, 4.69) is 78.9 Å². The summed E-state index contributed by atoms with van der Waals surface area (Å²) in [5, 5.41) is 0. The van der Waals surface area contributed by atoms with Crippen LogP contribution in [-0.4, -0.2) is 16.2 Å². The van der Waals surface area contributed by atoms with E-state index in [1.165, 1.54) is 16.8 Å². The van der Waals surface area contributed by atoms with Gasteiger partial charge in [0.15, 0.2) is 0 Å². The highest BCUT2D eigenvalue weighted by Gasteiger charge is 2.34. The van der Waals surface area contributed by atoms with Crippen molar-refractivity contribution in [3.05, 3.63) is 89.0 Å². The predicted molar refractivity (Wildman–Crippen MR) is 105 cm³/mol. The highest BCUT2D eigenvalue weighted by Crippen LogP contribution is 2.36. The molecule has 0 saturated heterocycles. The molecule has 0 atom stereocenters. The van der Waals surface area contributed by atoms with Gasteiger partial charge in [0.25, 0.3) is 0 Å². The van der Waals surface area contributed by atoms with E-state index in [-0.39, 0.29) is 5.41 Å². The minimum absolute atomic E-state index is 0.311. The highest BCUT2D eigenvalue weighted by atomic mass is 16.6. The van der Waals surface area contributed by atoms with Crippen molar-refractivity contribution in [2.75, 3.05) is 6.61 Å². The third kappa shape index (κ3) is 3.43. The van der Waals surface area contributed by atoms with Crippen molar-refractivity contribution in [3.63, 3.8) is 0 Å². The maximum absolute atomic E-state index is 5.60. The number of nitrogens with zero attached hydrogens (tertiary/aromatic N) is 2. The van der Waals surface area contributed by atoms with Gasteiger partial charge in [-0.05, 0) is 38.3 Å². The number of hydrogen-bond donors (Lipinski definition) is 1. The molecule has 0 aliphatic rings. The fourth-order valence-corrected chi connectivity index (χ4v) is 3.80. The van der Waals surface area contributed by atoms with Crippen LogP contribution in [0.1, 0.15) is 34.8 Å². The number of nitrogens with two attached hydrogens (primary N) is 1. The van der Waals surface area contributed by atoms with E-state index in [0.29, 0.717) is 6.61 Å². The molecule has 2 N–H and O–H groups in total. The van der Waals surface area contributed by atoms with Crippen LogP contribution in [0, 0.1) is 20.8 Å². The second-order valence-electron chi connectivity index (χ2n) is 6.86. The lowest BCUT2D eigenvalue weighted by atomic mass is 9.72. The first-order valence-electron chi connectivity index (χ1n) is 9.01. The lowest BCUT2D eigenvalue weighted by Gasteiger charge is -2.34.